The first-order chi connectivity index (χ1) is 17.3. The predicted octanol–water partition coefficient (Wildman–Crippen LogP) is 2.85. The zero-order chi connectivity index (χ0) is 25.3. The Morgan fingerprint density at radius 3 is 2.44 bits per heavy atom. The lowest BCUT2D eigenvalue weighted by atomic mass is 9.91. The number of hydrogen-bond acceptors (Lipinski definition) is 6. The third-order valence-electron chi connectivity index (χ3n) is 6.33. The number of amides is 1. The van der Waals surface area contributed by atoms with Crippen molar-refractivity contribution in [1.29, 1.82) is 0 Å². The van der Waals surface area contributed by atoms with E-state index in [0.717, 1.165) is 5.69 Å². The fourth-order valence-corrected chi connectivity index (χ4v) is 4.38. The van der Waals surface area contributed by atoms with Gasteiger partial charge in [0.1, 0.15) is 17.5 Å². The summed E-state index contributed by atoms with van der Waals surface area (Å²) in [6, 6.07) is 14.8. The Morgan fingerprint density at radius 2 is 1.78 bits per heavy atom. The highest BCUT2D eigenvalue weighted by Gasteiger charge is 2.35. The number of nitrogens with zero attached hydrogens (tertiary/aromatic N) is 5. The Morgan fingerprint density at radius 1 is 1.08 bits per heavy atom. The molecular formula is C25H23F2N5O4. The molecule has 1 saturated heterocycles. The highest BCUT2D eigenvalue weighted by Crippen LogP contribution is 2.26. The smallest absolute Gasteiger partial charge is 0.387 e. The van der Waals surface area contributed by atoms with E-state index in [4.69, 9.17) is 0 Å². The monoisotopic (exact) mass is 495 g/mol. The molecule has 36 heavy (non-hydrogen) atoms. The molecule has 186 valence electrons. The number of para-hydroxylation sites is 1. The van der Waals surface area contributed by atoms with E-state index >= 15 is 0 Å². The minimum Gasteiger partial charge on any atom is -0.435 e. The maximum Gasteiger partial charge on any atom is 0.387 e. The molecule has 0 unspecified atom stereocenters. The van der Waals surface area contributed by atoms with Crippen LogP contribution >= 0.6 is 0 Å². The SMILES string of the molecule is O=C(c1ccc(OC(F)F)cc1)N1CCC(O)(Cn2cnc3c(cnn3-c3ccccc3)c2=O)CC1. The first-order valence-electron chi connectivity index (χ1n) is 11.4. The van der Waals surface area contributed by atoms with Gasteiger partial charge in [-0.15, -0.1) is 0 Å². The molecule has 2 aromatic heterocycles. The van der Waals surface area contributed by atoms with E-state index in [9.17, 15) is 23.5 Å². The number of fused-ring (bicyclic) bond motifs is 1. The standard InChI is InChI=1S/C25H23F2N5O4/c26-24(27)36-19-8-6-17(7-9-19)22(33)30-12-10-25(35,11-13-30)15-31-16-28-21-20(23(31)34)14-29-32(21)18-4-2-1-3-5-18/h1-9,14,16,24,35H,10-13,15H2. The molecule has 3 heterocycles. The summed E-state index contributed by atoms with van der Waals surface area (Å²) in [5.41, 5.74) is 0.0489. The number of ether oxygens (including phenoxy) is 1. The Bertz CT molecular complexity index is 1430. The molecular weight excluding hydrogens is 472 g/mol. The van der Waals surface area contributed by atoms with Gasteiger partial charge in [0.2, 0.25) is 0 Å². The highest BCUT2D eigenvalue weighted by molar-refractivity contribution is 5.94. The van der Waals surface area contributed by atoms with Gasteiger partial charge >= 0.3 is 6.61 Å². The number of alkyl halides is 2. The second-order valence-electron chi connectivity index (χ2n) is 8.73. The fraction of sp³-hybridized carbons (Fsp3) is 0.280. The van der Waals surface area contributed by atoms with Crippen molar-refractivity contribution in [2.75, 3.05) is 13.1 Å². The van der Waals surface area contributed by atoms with Gasteiger partial charge in [-0.2, -0.15) is 13.9 Å². The van der Waals surface area contributed by atoms with Gasteiger partial charge in [-0.05, 0) is 49.2 Å². The maximum absolute atomic E-state index is 13.1. The summed E-state index contributed by atoms with van der Waals surface area (Å²) in [5.74, 6) is -0.297. The lowest BCUT2D eigenvalue weighted by Gasteiger charge is -2.38. The summed E-state index contributed by atoms with van der Waals surface area (Å²) < 4.78 is 31.9. The third-order valence-corrected chi connectivity index (χ3v) is 6.33. The number of likely N-dealkylation sites (tertiary alicyclic amines) is 1. The molecule has 5 rings (SSSR count). The Hall–Kier alpha value is -4.12. The van der Waals surface area contributed by atoms with Crippen LogP contribution in [-0.2, 0) is 6.54 Å². The molecule has 1 aliphatic rings. The van der Waals surface area contributed by atoms with Crippen LogP contribution < -0.4 is 10.3 Å². The summed E-state index contributed by atoms with van der Waals surface area (Å²) in [6.07, 6.45) is 3.40. The van der Waals surface area contributed by atoms with Crippen molar-refractivity contribution in [2.24, 2.45) is 0 Å². The third kappa shape index (κ3) is 4.69. The zero-order valence-corrected chi connectivity index (χ0v) is 19.1. The summed E-state index contributed by atoms with van der Waals surface area (Å²) in [7, 11) is 0. The van der Waals surface area contributed by atoms with Gasteiger partial charge in [0, 0.05) is 18.7 Å². The minimum atomic E-state index is -2.94. The molecule has 1 aliphatic heterocycles. The summed E-state index contributed by atoms with van der Waals surface area (Å²) >= 11 is 0. The van der Waals surface area contributed by atoms with Gasteiger partial charge in [0.15, 0.2) is 5.65 Å². The first-order valence-corrected chi connectivity index (χ1v) is 11.4. The molecule has 2 aromatic carbocycles. The van der Waals surface area contributed by atoms with Crippen molar-refractivity contribution in [3.63, 3.8) is 0 Å². The van der Waals surface area contributed by atoms with Crippen LogP contribution in [0.4, 0.5) is 8.78 Å². The van der Waals surface area contributed by atoms with Crippen molar-refractivity contribution in [1.82, 2.24) is 24.2 Å². The molecule has 1 amide bonds. The molecule has 11 heteroatoms. The number of benzene rings is 2. The lowest BCUT2D eigenvalue weighted by Crippen LogP contribution is -2.49. The van der Waals surface area contributed by atoms with Crippen molar-refractivity contribution < 1.29 is 23.4 Å². The first kappa shape index (κ1) is 23.6. The molecule has 9 nitrogen and oxygen atoms in total. The van der Waals surface area contributed by atoms with Gasteiger partial charge in [-0.1, -0.05) is 18.2 Å². The second kappa shape index (κ2) is 9.50. The van der Waals surface area contributed by atoms with E-state index in [0.29, 0.717) is 16.6 Å². The van der Waals surface area contributed by atoms with Crippen molar-refractivity contribution >= 4 is 16.9 Å². The van der Waals surface area contributed by atoms with E-state index in [1.807, 2.05) is 30.3 Å². The number of aliphatic hydroxyl groups is 1. The van der Waals surface area contributed by atoms with Gasteiger partial charge in [-0.3, -0.25) is 14.2 Å². The Balaban J connectivity index is 1.26. The quantitative estimate of drug-likeness (QED) is 0.441. The molecule has 1 N–H and O–H groups in total. The minimum absolute atomic E-state index is 0.0279. The van der Waals surface area contributed by atoms with Gasteiger partial charge in [-0.25, -0.2) is 9.67 Å². The number of rotatable bonds is 6. The molecule has 1 fully saturated rings. The number of hydrogen-bond donors (Lipinski definition) is 1. The van der Waals surface area contributed by atoms with E-state index in [1.165, 1.54) is 41.4 Å². The average molecular weight is 495 g/mol. The van der Waals surface area contributed by atoms with Crippen LogP contribution in [0.2, 0.25) is 0 Å². The predicted molar refractivity (Wildman–Crippen MR) is 126 cm³/mol. The van der Waals surface area contributed by atoms with Gasteiger partial charge in [0.05, 0.1) is 24.0 Å². The molecule has 0 atom stereocenters. The van der Waals surface area contributed by atoms with Crippen molar-refractivity contribution in [3.05, 3.63) is 83.0 Å². The van der Waals surface area contributed by atoms with Gasteiger partial charge < -0.3 is 14.7 Å². The van der Waals surface area contributed by atoms with Crippen LogP contribution in [0.3, 0.4) is 0 Å². The fourth-order valence-electron chi connectivity index (χ4n) is 4.38. The molecule has 0 saturated carbocycles. The van der Waals surface area contributed by atoms with Gasteiger partial charge in [0.25, 0.3) is 11.5 Å². The zero-order valence-electron chi connectivity index (χ0n) is 19.1. The van der Waals surface area contributed by atoms with Crippen LogP contribution in [0.25, 0.3) is 16.7 Å². The van der Waals surface area contributed by atoms with Crippen LogP contribution in [0.15, 0.2) is 71.9 Å². The van der Waals surface area contributed by atoms with Crippen molar-refractivity contribution in [2.45, 2.75) is 31.6 Å². The van der Waals surface area contributed by atoms with Crippen LogP contribution in [0, 0.1) is 0 Å². The van der Waals surface area contributed by atoms with E-state index in [2.05, 4.69) is 14.8 Å². The molecule has 0 radical (unpaired) electrons. The number of halogens is 2. The van der Waals surface area contributed by atoms with Crippen LogP contribution in [0.5, 0.6) is 5.75 Å². The molecule has 0 aliphatic carbocycles. The van der Waals surface area contributed by atoms with Crippen molar-refractivity contribution in [3.8, 4) is 11.4 Å². The van der Waals surface area contributed by atoms with Crippen LogP contribution in [-0.4, -0.2) is 60.5 Å². The largest absolute Gasteiger partial charge is 0.435 e. The number of piperidine rings is 1. The Kier molecular flexibility index (Phi) is 6.23. The Labute approximate surface area is 204 Å². The summed E-state index contributed by atoms with van der Waals surface area (Å²) in [6.45, 7) is -2.34. The molecule has 0 spiro atoms. The topological polar surface area (TPSA) is 102 Å². The normalized spacial score (nSPS) is 15.4. The molecule has 4 aromatic rings. The second-order valence-corrected chi connectivity index (χ2v) is 8.73. The summed E-state index contributed by atoms with van der Waals surface area (Å²) in [4.78, 5) is 31.9. The van der Waals surface area contributed by atoms with Crippen LogP contribution in [0.1, 0.15) is 23.2 Å². The van der Waals surface area contributed by atoms with E-state index in [-0.39, 0.29) is 49.7 Å². The number of aromatic nitrogens is 4. The number of carbonyl (C=O) groups is 1. The maximum atomic E-state index is 13.1. The van der Waals surface area contributed by atoms with E-state index in [1.54, 1.807) is 9.58 Å². The lowest BCUT2D eigenvalue weighted by molar-refractivity contribution is -0.0498. The number of carbonyl (C=O) groups excluding carboxylic acids is 1. The van der Waals surface area contributed by atoms with E-state index < -0.39 is 12.2 Å². The summed E-state index contributed by atoms with van der Waals surface area (Å²) in [5, 5.41) is 15.8. The highest BCUT2D eigenvalue weighted by atomic mass is 19.3. The average Bonchev–Trinajstić information content (AvgIpc) is 3.31. The molecule has 0 bridgehead atoms.